The number of anilines is 3. The Morgan fingerprint density at radius 3 is 2.81 bits per heavy atom. The van der Waals surface area contributed by atoms with Crippen LogP contribution in [-0.4, -0.2) is 9.97 Å². The Balaban J connectivity index is 2.34. The molecule has 1 aromatic carbocycles. The van der Waals surface area contributed by atoms with E-state index in [4.69, 9.17) is 17.3 Å². The average molecular weight is 239 g/mol. The molecule has 0 saturated carbocycles. The quantitative estimate of drug-likeness (QED) is 0.790. The van der Waals surface area contributed by atoms with Gasteiger partial charge in [-0.15, -0.1) is 0 Å². The fraction of sp³-hybridized carbons (Fsp3) is 0. The number of para-hydroxylation sites is 1. The van der Waals surface area contributed by atoms with Crippen LogP contribution in [0, 0.1) is 5.82 Å². The second-order valence-electron chi connectivity index (χ2n) is 3.05. The van der Waals surface area contributed by atoms with Crippen molar-refractivity contribution in [3.63, 3.8) is 0 Å². The van der Waals surface area contributed by atoms with Crippen molar-refractivity contribution in [2.45, 2.75) is 0 Å². The average Bonchev–Trinajstić information content (AvgIpc) is 2.27. The maximum Gasteiger partial charge on any atom is 0.224 e. The summed E-state index contributed by atoms with van der Waals surface area (Å²) in [5.74, 6) is -0.110. The normalized spacial score (nSPS) is 10.1. The lowest BCUT2D eigenvalue weighted by Gasteiger charge is -2.08. The van der Waals surface area contributed by atoms with Gasteiger partial charge >= 0.3 is 0 Å². The summed E-state index contributed by atoms with van der Waals surface area (Å²) in [6.07, 6.45) is 1.36. The Kier molecular flexibility index (Phi) is 2.87. The standard InChI is InChI=1S/C10H8ClFN4/c11-10-14-5-7(13)9(16-10)15-8-4-2-1-3-6(8)12/h1-5H,13H2,(H,14,15,16). The van der Waals surface area contributed by atoms with Gasteiger partial charge < -0.3 is 11.1 Å². The molecule has 0 unspecified atom stereocenters. The van der Waals surface area contributed by atoms with E-state index in [-0.39, 0.29) is 16.8 Å². The van der Waals surface area contributed by atoms with Crippen molar-refractivity contribution in [1.29, 1.82) is 0 Å². The van der Waals surface area contributed by atoms with Gasteiger partial charge in [0.25, 0.3) is 0 Å². The Hall–Kier alpha value is -1.88. The maximum absolute atomic E-state index is 13.3. The summed E-state index contributed by atoms with van der Waals surface area (Å²) in [6, 6.07) is 6.20. The number of hydrogen-bond acceptors (Lipinski definition) is 4. The fourth-order valence-electron chi connectivity index (χ4n) is 1.16. The van der Waals surface area contributed by atoms with E-state index in [0.29, 0.717) is 5.69 Å². The third kappa shape index (κ3) is 2.20. The highest BCUT2D eigenvalue weighted by Crippen LogP contribution is 2.22. The summed E-state index contributed by atoms with van der Waals surface area (Å²) in [7, 11) is 0. The largest absolute Gasteiger partial charge is 0.394 e. The van der Waals surface area contributed by atoms with Gasteiger partial charge in [0.2, 0.25) is 5.28 Å². The van der Waals surface area contributed by atoms with E-state index in [2.05, 4.69) is 15.3 Å². The van der Waals surface area contributed by atoms with E-state index in [1.54, 1.807) is 18.2 Å². The minimum absolute atomic E-state index is 0.0491. The first kappa shape index (κ1) is 10.6. The van der Waals surface area contributed by atoms with Crippen LogP contribution < -0.4 is 11.1 Å². The predicted molar refractivity (Wildman–Crippen MR) is 61.1 cm³/mol. The van der Waals surface area contributed by atoms with Crippen LogP contribution in [-0.2, 0) is 0 Å². The SMILES string of the molecule is Nc1cnc(Cl)nc1Nc1ccccc1F. The zero-order valence-electron chi connectivity index (χ0n) is 8.11. The first-order chi connectivity index (χ1) is 7.66. The molecule has 0 amide bonds. The molecule has 0 spiro atoms. The molecule has 2 aromatic rings. The Morgan fingerprint density at radius 2 is 2.06 bits per heavy atom. The molecule has 0 aliphatic rings. The van der Waals surface area contributed by atoms with Gasteiger partial charge in [-0.3, -0.25) is 0 Å². The van der Waals surface area contributed by atoms with Crippen molar-refractivity contribution in [1.82, 2.24) is 9.97 Å². The van der Waals surface area contributed by atoms with Crippen LogP contribution >= 0.6 is 11.6 Å². The highest BCUT2D eigenvalue weighted by molar-refractivity contribution is 6.28. The van der Waals surface area contributed by atoms with E-state index >= 15 is 0 Å². The molecule has 0 aliphatic carbocycles. The smallest absolute Gasteiger partial charge is 0.224 e. The van der Waals surface area contributed by atoms with Crippen molar-refractivity contribution in [2.24, 2.45) is 0 Å². The van der Waals surface area contributed by atoms with Crippen molar-refractivity contribution in [3.8, 4) is 0 Å². The fourth-order valence-corrected chi connectivity index (χ4v) is 1.29. The van der Waals surface area contributed by atoms with Crippen LogP contribution in [0.5, 0.6) is 0 Å². The monoisotopic (exact) mass is 238 g/mol. The molecule has 0 radical (unpaired) electrons. The molecule has 0 saturated heterocycles. The van der Waals surface area contributed by atoms with E-state index in [1.807, 2.05) is 0 Å². The lowest BCUT2D eigenvalue weighted by molar-refractivity contribution is 0.632. The minimum Gasteiger partial charge on any atom is -0.394 e. The predicted octanol–water partition coefficient (Wildman–Crippen LogP) is 2.59. The third-order valence-electron chi connectivity index (χ3n) is 1.91. The Labute approximate surface area is 96.3 Å². The number of nitrogen functional groups attached to an aromatic ring is 1. The van der Waals surface area contributed by atoms with Gasteiger partial charge in [0.05, 0.1) is 17.6 Å². The summed E-state index contributed by atoms with van der Waals surface area (Å²) < 4.78 is 13.3. The summed E-state index contributed by atoms with van der Waals surface area (Å²) in [5.41, 5.74) is 6.20. The zero-order chi connectivity index (χ0) is 11.5. The molecule has 1 aromatic heterocycles. The number of halogens is 2. The van der Waals surface area contributed by atoms with Crippen LogP contribution in [0.3, 0.4) is 0 Å². The highest BCUT2D eigenvalue weighted by Gasteiger charge is 2.06. The molecule has 0 aliphatic heterocycles. The van der Waals surface area contributed by atoms with E-state index in [9.17, 15) is 4.39 Å². The van der Waals surface area contributed by atoms with Crippen LogP contribution in [0.2, 0.25) is 5.28 Å². The molecular formula is C10H8ClFN4. The lowest BCUT2D eigenvalue weighted by atomic mass is 10.3. The molecule has 0 fully saturated rings. The van der Waals surface area contributed by atoms with Gasteiger partial charge in [-0.25, -0.2) is 9.37 Å². The molecule has 6 heteroatoms. The second kappa shape index (κ2) is 4.32. The van der Waals surface area contributed by atoms with Gasteiger partial charge in [-0.1, -0.05) is 12.1 Å². The zero-order valence-corrected chi connectivity index (χ0v) is 8.87. The van der Waals surface area contributed by atoms with Crippen molar-refractivity contribution in [2.75, 3.05) is 11.1 Å². The van der Waals surface area contributed by atoms with Crippen LogP contribution in [0.1, 0.15) is 0 Å². The molecule has 2 rings (SSSR count). The highest BCUT2D eigenvalue weighted by atomic mass is 35.5. The number of nitrogens with zero attached hydrogens (tertiary/aromatic N) is 2. The number of rotatable bonds is 2. The van der Waals surface area contributed by atoms with Crippen molar-refractivity contribution in [3.05, 3.63) is 41.6 Å². The first-order valence-corrected chi connectivity index (χ1v) is 4.84. The third-order valence-corrected chi connectivity index (χ3v) is 2.10. The number of nitrogens with two attached hydrogens (primary N) is 1. The van der Waals surface area contributed by atoms with Crippen LogP contribution in [0.25, 0.3) is 0 Å². The van der Waals surface area contributed by atoms with Gasteiger partial charge in [-0.2, -0.15) is 4.98 Å². The van der Waals surface area contributed by atoms with Gasteiger partial charge in [0, 0.05) is 0 Å². The lowest BCUT2D eigenvalue weighted by Crippen LogP contribution is -2.01. The van der Waals surface area contributed by atoms with E-state index in [0.717, 1.165) is 0 Å². The second-order valence-corrected chi connectivity index (χ2v) is 3.39. The van der Waals surface area contributed by atoms with Crippen molar-refractivity contribution < 1.29 is 4.39 Å². The Morgan fingerprint density at radius 1 is 1.31 bits per heavy atom. The van der Waals surface area contributed by atoms with E-state index < -0.39 is 5.82 Å². The molecule has 3 N–H and O–H groups in total. The summed E-state index contributed by atoms with van der Waals surface area (Å²) in [6.45, 7) is 0. The number of benzene rings is 1. The van der Waals surface area contributed by atoms with Crippen molar-refractivity contribution >= 4 is 28.8 Å². The Bertz CT molecular complexity index is 518. The molecule has 1 heterocycles. The first-order valence-electron chi connectivity index (χ1n) is 4.46. The molecule has 16 heavy (non-hydrogen) atoms. The van der Waals surface area contributed by atoms with Gasteiger partial charge in [0.1, 0.15) is 5.82 Å². The summed E-state index contributed by atoms with van der Waals surface area (Å²) in [4.78, 5) is 7.56. The maximum atomic E-state index is 13.3. The number of nitrogens with one attached hydrogen (secondary N) is 1. The molecule has 0 atom stereocenters. The summed E-state index contributed by atoms with van der Waals surface area (Å²) in [5, 5.41) is 2.79. The van der Waals surface area contributed by atoms with Crippen LogP contribution in [0.15, 0.2) is 30.5 Å². The minimum atomic E-state index is -0.392. The van der Waals surface area contributed by atoms with Gasteiger partial charge in [-0.05, 0) is 23.7 Å². The van der Waals surface area contributed by atoms with Crippen LogP contribution in [0.4, 0.5) is 21.6 Å². The molecule has 82 valence electrons. The molecular weight excluding hydrogens is 231 g/mol. The van der Waals surface area contributed by atoms with E-state index in [1.165, 1.54) is 12.3 Å². The summed E-state index contributed by atoms with van der Waals surface area (Å²) >= 11 is 5.61. The molecule has 4 nitrogen and oxygen atoms in total. The van der Waals surface area contributed by atoms with Gasteiger partial charge in [0.15, 0.2) is 5.82 Å². The number of aromatic nitrogens is 2. The molecule has 0 bridgehead atoms. The number of hydrogen-bond donors (Lipinski definition) is 2. The topological polar surface area (TPSA) is 63.8 Å².